The summed E-state index contributed by atoms with van der Waals surface area (Å²) in [4.78, 5) is 21.9. The fourth-order valence-corrected chi connectivity index (χ4v) is 3.40. The topological polar surface area (TPSA) is 103 Å². The number of aryl methyl sites for hydroxylation is 1. The van der Waals surface area contributed by atoms with E-state index < -0.39 is 0 Å². The second-order valence-electron chi connectivity index (χ2n) is 6.65. The molecule has 1 saturated heterocycles. The molecule has 1 N–H and O–H groups in total. The Morgan fingerprint density at radius 1 is 1.19 bits per heavy atom. The van der Waals surface area contributed by atoms with Crippen LogP contribution in [0.2, 0.25) is 0 Å². The van der Waals surface area contributed by atoms with Gasteiger partial charge in [0.15, 0.2) is 11.5 Å². The van der Waals surface area contributed by atoms with Crippen molar-refractivity contribution in [3.8, 4) is 11.5 Å². The lowest BCUT2D eigenvalue weighted by Gasteiger charge is -2.27. The van der Waals surface area contributed by atoms with Crippen LogP contribution in [0, 0.1) is 17.0 Å². The zero-order valence-corrected chi connectivity index (χ0v) is 15.1. The summed E-state index contributed by atoms with van der Waals surface area (Å²) < 4.78 is 10.7. The standard InChI is InChI=1S/C18H21N5O4/c1-12-16(23(24)25)17(22-7-3-2-4-8-22)21-18(20-12)19-10-13-5-6-14-15(9-13)27-11-26-14/h5-6,9H,2-4,7-8,10-11H2,1H3,(H,19,20,21). The minimum absolute atomic E-state index is 0.00877. The molecule has 0 unspecified atom stereocenters. The number of hydrogen-bond acceptors (Lipinski definition) is 8. The summed E-state index contributed by atoms with van der Waals surface area (Å²) in [7, 11) is 0. The number of nitrogens with one attached hydrogen (secondary N) is 1. The molecule has 9 heteroatoms. The van der Waals surface area contributed by atoms with Crippen LogP contribution >= 0.6 is 0 Å². The van der Waals surface area contributed by atoms with Crippen LogP contribution in [0.15, 0.2) is 18.2 Å². The molecule has 0 aliphatic carbocycles. The lowest BCUT2D eigenvalue weighted by atomic mass is 10.1. The van der Waals surface area contributed by atoms with Gasteiger partial charge in [-0.15, -0.1) is 0 Å². The number of fused-ring (bicyclic) bond motifs is 1. The van der Waals surface area contributed by atoms with E-state index in [0.29, 0.717) is 29.8 Å². The van der Waals surface area contributed by atoms with Gasteiger partial charge in [-0.2, -0.15) is 4.98 Å². The van der Waals surface area contributed by atoms with Gasteiger partial charge in [0.1, 0.15) is 5.69 Å². The van der Waals surface area contributed by atoms with E-state index in [-0.39, 0.29) is 17.4 Å². The summed E-state index contributed by atoms with van der Waals surface area (Å²) in [6, 6.07) is 5.70. The van der Waals surface area contributed by atoms with Gasteiger partial charge in [-0.05, 0) is 43.9 Å². The molecule has 0 bridgehead atoms. The molecule has 2 aliphatic heterocycles. The lowest BCUT2D eigenvalue weighted by Crippen LogP contribution is -2.31. The van der Waals surface area contributed by atoms with Crippen LogP contribution in [0.25, 0.3) is 0 Å². The Morgan fingerprint density at radius 2 is 1.96 bits per heavy atom. The Morgan fingerprint density at radius 3 is 2.74 bits per heavy atom. The first-order chi connectivity index (χ1) is 13.1. The van der Waals surface area contributed by atoms with Crippen molar-refractivity contribution in [1.29, 1.82) is 0 Å². The predicted molar refractivity (Wildman–Crippen MR) is 99.4 cm³/mol. The summed E-state index contributed by atoms with van der Waals surface area (Å²) in [6.07, 6.45) is 3.17. The first-order valence-electron chi connectivity index (χ1n) is 9.02. The van der Waals surface area contributed by atoms with Crippen molar-refractivity contribution in [2.45, 2.75) is 32.7 Å². The van der Waals surface area contributed by atoms with E-state index in [0.717, 1.165) is 43.7 Å². The molecule has 27 heavy (non-hydrogen) atoms. The van der Waals surface area contributed by atoms with Crippen molar-refractivity contribution in [3.63, 3.8) is 0 Å². The number of hydrogen-bond donors (Lipinski definition) is 1. The molecule has 1 aromatic heterocycles. The van der Waals surface area contributed by atoms with Crippen LogP contribution in [-0.4, -0.2) is 34.8 Å². The molecule has 9 nitrogen and oxygen atoms in total. The van der Waals surface area contributed by atoms with Gasteiger partial charge in [0.25, 0.3) is 0 Å². The molecular weight excluding hydrogens is 350 g/mol. The number of nitro groups is 1. The predicted octanol–water partition coefficient (Wildman–Crippen LogP) is 3.02. The number of benzene rings is 1. The monoisotopic (exact) mass is 371 g/mol. The van der Waals surface area contributed by atoms with Gasteiger partial charge in [0.2, 0.25) is 18.6 Å². The van der Waals surface area contributed by atoms with Crippen LogP contribution in [0.1, 0.15) is 30.5 Å². The van der Waals surface area contributed by atoms with E-state index >= 15 is 0 Å². The van der Waals surface area contributed by atoms with Crippen LogP contribution in [0.5, 0.6) is 11.5 Å². The molecule has 0 radical (unpaired) electrons. The summed E-state index contributed by atoms with van der Waals surface area (Å²) >= 11 is 0. The summed E-state index contributed by atoms with van der Waals surface area (Å²) in [5, 5.41) is 14.7. The molecule has 4 rings (SSSR count). The molecule has 3 heterocycles. The Balaban J connectivity index is 1.57. The van der Waals surface area contributed by atoms with Gasteiger partial charge in [-0.1, -0.05) is 6.07 Å². The Kier molecular flexibility index (Phi) is 4.66. The maximum absolute atomic E-state index is 11.5. The fraction of sp³-hybridized carbons (Fsp3) is 0.444. The number of aromatic nitrogens is 2. The first kappa shape index (κ1) is 17.3. The van der Waals surface area contributed by atoms with Gasteiger partial charge >= 0.3 is 5.69 Å². The molecule has 0 atom stereocenters. The average molecular weight is 371 g/mol. The van der Waals surface area contributed by atoms with E-state index in [1.165, 1.54) is 0 Å². The van der Waals surface area contributed by atoms with E-state index in [1.807, 2.05) is 23.1 Å². The summed E-state index contributed by atoms with van der Waals surface area (Å²) in [5.41, 5.74) is 1.34. The van der Waals surface area contributed by atoms with Crippen LogP contribution in [0.4, 0.5) is 17.5 Å². The van der Waals surface area contributed by atoms with Crippen molar-refractivity contribution >= 4 is 17.5 Å². The number of ether oxygens (including phenoxy) is 2. The van der Waals surface area contributed by atoms with Gasteiger partial charge in [0, 0.05) is 19.6 Å². The van der Waals surface area contributed by atoms with E-state index in [9.17, 15) is 10.1 Å². The highest BCUT2D eigenvalue weighted by atomic mass is 16.7. The Labute approximate surface area is 156 Å². The fourth-order valence-electron chi connectivity index (χ4n) is 3.40. The third-order valence-corrected chi connectivity index (χ3v) is 4.77. The quantitative estimate of drug-likeness (QED) is 0.632. The average Bonchev–Trinajstić information content (AvgIpc) is 3.14. The van der Waals surface area contributed by atoms with Crippen molar-refractivity contribution in [3.05, 3.63) is 39.6 Å². The van der Waals surface area contributed by atoms with Crippen LogP contribution in [0.3, 0.4) is 0 Å². The molecule has 0 saturated carbocycles. The highest BCUT2D eigenvalue weighted by Crippen LogP contribution is 2.33. The summed E-state index contributed by atoms with van der Waals surface area (Å²) in [5.74, 6) is 2.23. The van der Waals surface area contributed by atoms with Crippen LogP contribution in [-0.2, 0) is 6.54 Å². The number of rotatable bonds is 5. The molecule has 0 amide bonds. The van der Waals surface area contributed by atoms with Crippen molar-refractivity contribution < 1.29 is 14.4 Å². The Bertz CT molecular complexity index is 867. The molecule has 1 fully saturated rings. The normalized spacial score (nSPS) is 15.7. The van der Waals surface area contributed by atoms with Gasteiger partial charge in [-0.3, -0.25) is 10.1 Å². The number of piperidine rings is 1. The molecule has 142 valence electrons. The van der Waals surface area contributed by atoms with Crippen molar-refractivity contribution in [2.75, 3.05) is 30.1 Å². The van der Waals surface area contributed by atoms with Gasteiger partial charge in [0.05, 0.1) is 4.92 Å². The maximum atomic E-state index is 11.5. The highest BCUT2D eigenvalue weighted by Gasteiger charge is 2.27. The smallest absolute Gasteiger partial charge is 0.332 e. The minimum Gasteiger partial charge on any atom is -0.454 e. The molecule has 1 aromatic carbocycles. The van der Waals surface area contributed by atoms with Crippen LogP contribution < -0.4 is 19.7 Å². The molecule has 0 spiro atoms. The zero-order chi connectivity index (χ0) is 18.8. The van der Waals surface area contributed by atoms with Crippen molar-refractivity contribution in [1.82, 2.24) is 9.97 Å². The third-order valence-electron chi connectivity index (χ3n) is 4.77. The lowest BCUT2D eigenvalue weighted by molar-refractivity contribution is -0.385. The first-order valence-corrected chi connectivity index (χ1v) is 9.02. The van der Waals surface area contributed by atoms with Gasteiger partial charge in [-0.25, -0.2) is 4.98 Å². The van der Waals surface area contributed by atoms with E-state index in [4.69, 9.17) is 9.47 Å². The highest BCUT2D eigenvalue weighted by molar-refractivity contribution is 5.62. The molecular formula is C18H21N5O4. The maximum Gasteiger partial charge on any atom is 0.332 e. The summed E-state index contributed by atoms with van der Waals surface area (Å²) in [6.45, 7) is 3.92. The molecule has 2 aromatic rings. The largest absolute Gasteiger partial charge is 0.454 e. The number of anilines is 2. The zero-order valence-electron chi connectivity index (χ0n) is 15.1. The SMILES string of the molecule is Cc1nc(NCc2ccc3c(c2)OCO3)nc(N2CCCCC2)c1[N+](=O)[O-]. The third kappa shape index (κ3) is 3.57. The van der Waals surface area contributed by atoms with E-state index in [2.05, 4.69) is 15.3 Å². The van der Waals surface area contributed by atoms with Gasteiger partial charge < -0.3 is 19.7 Å². The second kappa shape index (κ2) is 7.26. The van der Waals surface area contributed by atoms with Crippen molar-refractivity contribution in [2.24, 2.45) is 0 Å². The Hall–Kier alpha value is -3.10. The molecule has 2 aliphatic rings. The number of nitrogens with zero attached hydrogens (tertiary/aromatic N) is 4. The second-order valence-corrected chi connectivity index (χ2v) is 6.65. The van der Waals surface area contributed by atoms with E-state index in [1.54, 1.807) is 6.92 Å². The minimum atomic E-state index is -0.388.